The Hall–Kier alpha value is -1.13. The Morgan fingerprint density at radius 2 is 2.04 bits per heavy atom. The van der Waals surface area contributed by atoms with Crippen LogP contribution in [0, 0.1) is 6.92 Å². The zero-order chi connectivity index (χ0) is 17.6. The van der Waals surface area contributed by atoms with E-state index in [0.29, 0.717) is 24.3 Å². The number of thiophene rings is 1. The Labute approximate surface area is 155 Å². The first-order chi connectivity index (χ1) is 10.8. The highest BCUT2D eigenvalue weighted by Gasteiger charge is 2.24. The van der Waals surface area contributed by atoms with Gasteiger partial charge in [-0.1, -0.05) is 0 Å². The van der Waals surface area contributed by atoms with Crippen LogP contribution in [0.4, 0.5) is 0 Å². The molecule has 7 nitrogen and oxygen atoms in total. The number of guanidine groups is 1. The molecule has 0 radical (unpaired) electrons. The van der Waals surface area contributed by atoms with Crippen molar-refractivity contribution in [1.82, 2.24) is 5.32 Å². The molecule has 0 bridgehead atoms. The number of nitrogens with two attached hydrogens (primary N) is 2. The SMILES string of the molecule is COC(=O)[C@H](CCCN=C(N)N)NC(=O)c1sc(Br)c(Br)c1C. The maximum atomic E-state index is 12.4. The van der Waals surface area contributed by atoms with Crippen LogP contribution in [0.5, 0.6) is 0 Å². The number of hydrogen-bond donors (Lipinski definition) is 3. The van der Waals surface area contributed by atoms with E-state index in [4.69, 9.17) is 16.2 Å². The smallest absolute Gasteiger partial charge is 0.328 e. The predicted molar refractivity (Wildman–Crippen MR) is 97.6 cm³/mol. The Bertz CT molecular complexity index is 615. The largest absolute Gasteiger partial charge is 0.467 e. The standard InChI is InChI=1S/C13H18Br2N4O3S/c1-6-8(14)10(15)23-9(6)11(20)19-7(12(21)22-2)4-3-5-18-13(16)17/h7H,3-5H2,1-2H3,(H,19,20)(H4,16,17,18)/t7-/m0/s1. The molecule has 0 aliphatic heterocycles. The molecule has 0 fully saturated rings. The van der Waals surface area contributed by atoms with Crippen LogP contribution in [-0.4, -0.2) is 37.5 Å². The van der Waals surface area contributed by atoms with Crippen LogP contribution in [0.2, 0.25) is 0 Å². The van der Waals surface area contributed by atoms with Gasteiger partial charge >= 0.3 is 5.97 Å². The van der Waals surface area contributed by atoms with Crippen molar-refractivity contribution in [2.24, 2.45) is 16.5 Å². The van der Waals surface area contributed by atoms with Gasteiger partial charge in [0.1, 0.15) is 6.04 Å². The molecule has 0 aliphatic rings. The molecule has 1 aromatic heterocycles. The number of carbonyl (C=O) groups excluding carboxylic acids is 2. The van der Waals surface area contributed by atoms with Gasteiger partial charge in [-0.3, -0.25) is 9.79 Å². The van der Waals surface area contributed by atoms with Crippen LogP contribution < -0.4 is 16.8 Å². The van der Waals surface area contributed by atoms with Crippen molar-refractivity contribution in [3.8, 4) is 0 Å². The van der Waals surface area contributed by atoms with E-state index in [-0.39, 0.29) is 11.9 Å². The average molecular weight is 470 g/mol. The van der Waals surface area contributed by atoms with E-state index in [9.17, 15) is 9.59 Å². The summed E-state index contributed by atoms with van der Waals surface area (Å²) in [6, 6.07) is -0.749. The normalized spacial score (nSPS) is 11.7. The van der Waals surface area contributed by atoms with Crippen LogP contribution in [0.1, 0.15) is 28.1 Å². The van der Waals surface area contributed by atoms with Crippen LogP contribution in [0.3, 0.4) is 0 Å². The average Bonchev–Trinajstić information content (AvgIpc) is 2.76. The molecule has 0 saturated heterocycles. The number of nitrogens with one attached hydrogen (secondary N) is 1. The first-order valence-corrected chi connectivity index (χ1v) is 9.06. The molecule has 23 heavy (non-hydrogen) atoms. The van der Waals surface area contributed by atoms with Crippen LogP contribution in [-0.2, 0) is 9.53 Å². The molecule has 128 valence electrons. The molecule has 0 aromatic carbocycles. The number of carbonyl (C=O) groups is 2. The van der Waals surface area contributed by atoms with E-state index in [0.717, 1.165) is 13.8 Å². The fourth-order valence-electron chi connectivity index (χ4n) is 1.79. The van der Waals surface area contributed by atoms with E-state index in [1.54, 1.807) is 0 Å². The Kier molecular flexibility index (Phi) is 8.00. The molecule has 1 rings (SSSR count). The maximum absolute atomic E-state index is 12.4. The Morgan fingerprint density at radius 3 is 2.52 bits per heavy atom. The van der Waals surface area contributed by atoms with Gasteiger partial charge in [0, 0.05) is 11.0 Å². The summed E-state index contributed by atoms with van der Waals surface area (Å²) in [4.78, 5) is 28.6. The van der Waals surface area contributed by atoms with Gasteiger partial charge in [0.05, 0.1) is 15.8 Å². The third-order valence-corrected chi connectivity index (χ3v) is 6.72. The van der Waals surface area contributed by atoms with Gasteiger partial charge in [-0.15, -0.1) is 11.3 Å². The lowest BCUT2D eigenvalue weighted by atomic mass is 10.1. The Morgan fingerprint density at radius 1 is 1.39 bits per heavy atom. The molecular weight excluding hydrogens is 452 g/mol. The predicted octanol–water partition coefficient (Wildman–Crippen LogP) is 1.91. The highest BCUT2D eigenvalue weighted by molar-refractivity contribution is 9.13. The van der Waals surface area contributed by atoms with Crippen molar-refractivity contribution in [3.63, 3.8) is 0 Å². The quantitative estimate of drug-likeness (QED) is 0.244. The number of nitrogens with zero attached hydrogens (tertiary/aromatic N) is 1. The summed E-state index contributed by atoms with van der Waals surface area (Å²) in [5, 5.41) is 2.70. The third-order valence-electron chi connectivity index (χ3n) is 2.98. The first kappa shape index (κ1) is 19.9. The molecular formula is C13H18Br2N4O3S. The number of halogens is 2. The molecule has 1 aromatic rings. The summed E-state index contributed by atoms with van der Waals surface area (Å²) in [5.41, 5.74) is 11.3. The lowest BCUT2D eigenvalue weighted by Gasteiger charge is -2.15. The lowest BCUT2D eigenvalue weighted by Crippen LogP contribution is -2.41. The zero-order valence-electron chi connectivity index (χ0n) is 12.7. The minimum Gasteiger partial charge on any atom is -0.467 e. The molecule has 0 saturated carbocycles. The van der Waals surface area contributed by atoms with E-state index in [1.807, 2.05) is 6.92 Å². The highest BCUT2D eigenvalue weighted by Crippen LogP contribution is 2.36. The first-order valence-electron chi connectivity index (χ1n) is 6.66. The maximum Gasteiger partial charge on any atom is 0.328 e. The van der Waals surface area contributed by atoms with Crippen molar-refractivity contribution in [1.29, 1.82) is 0 Å². The molecule has 1 heterocycles. The summed E-state index contributed by atoms with van der Waals surface area (Å²) in [5.74, 6) is -0.834. The van der Waals surface area contributed by atoms with Crippen molar-refractivity contribution >= 4 is 61.0 Å². The number of aliphatic imine (C=N–C) groups is 1. The number of rotatable bonds is 7. The van der Waals surface area contributed by atoms with Crippen molar-refractivity contribution in [2.45, 2.75) is 25.8 Å². The summed E-state index contributed by atoms with van der Waals surface area (Å²) < 4.78 is 6.38. The number of amides is 1. The van der Waals surface area contributed by atoms with Crippen molar-refractivity contribution < 1.29 is 14.3 Å². The summed E-state index contributed by atoms with van der Waals surface area (Å²) in [6.45, 7) is 2.20. The van der Waals surface area contributed by atoms with Crippen LogP contribution >= 0.6 is 43.2 Å². The monoisotopic (exact) mass is 468 g/mol. The fourth-order valence-corrected chi connectivity index (χ4v) is 3.98. The molecule has 0 spiro atoms. The molecule has 0 aliphatic carbocycles. The number of esters is 1. The van der Waals surface area contributed by atoms with E-state index < -0.39 is 12.0 Å². The number of methoxy groups -OCH3 is 1. The summed E-state index contributed by atoms with van der Waals surface area (Å²) in [6.07, 6.45) is 0.913. The highest BCUT2D eigenvalue weighted by atomic mass is 79.9. The molecule has 0 unspecified atom stereocenters. The van der Waals surface area contributed by atoms with Crippen LogP contribution in [0.25, 0.3) is 0 Å². The summed E-state index contributed by atoms with van der Waals surface area (Å²) >= 11 is 8.06. The second kappa shape index (κ2) is 9.24. The number of ether oxygens (including phenoxy) is 1. The molecule has 5 N–H and O–H groups in total. The van der Waals surface area contributed by atoms with Gasteiger partial charge in [0.2, 0.25) is 0 Å². The fraction of sp³-hybridized carbons (Fsp3) is 0.462. The second-order valence-electron chi connectivity index (χ2n) is 4.64. The molecule has 1 amide bonds. The van der Waals surface area contributed by atoms with Crippen molar-refractivity contribution in [3.05, 3.63) is 18.7 Å². The number of hydrogen-bond acceptors (Lipinski definition) is 5. The third kappa shape index (κ3) is 5.78. The van der Waals surface area contributed by atoms with E-state index in [1.165, 1.54) is 18.4 Å². The minimum atomic E-state index is -0.749. The summed E-state index contributed by atoms with van der Waals surface area (Å²) in [7, 11) is 1.28. The van der Waals surface area contributed by atoms with E-state index >= 15 is 0 Å². The van der Waals surface area contributed by atoms with Gasteiger partial charge in [-0.05, 0) is 57.2 Å². The van der Waals surface area contributed by atoms with Gasteiger partial charge in [0.15, 0.2) is 5.96 Å². The van der Waals surface area contributed by atoms with Gasteiger partial charge in [-0.2, -0.15) is 0 Å². The molecule has 1 atom stereocenters. The van der Waals surface area contributed by atoms with Gasteiger partial charge in [0.25, 0.3) is 5.91 Å². The molecule has 10 heteroatoms. The van der Waals surface area contributed by atoms with Gasteiger partial charge < -0.3 is 21.5 Å². The lowest BCUT2D eigenvalue weighted by molar-refractivity contribution is -0.143. The second-order valence-corrected chi connectivity index (χ2v) is 7.77. The van der Waals surface area contributed by atoms with Gasteiger partial charge in [-0.25, -0.2) is 4.79 Å². The van der Waals surface area contributed by atoms with Crippen molar-refractivity contribution in [2.75, 3.05) is 13.7 Å². The Balaban J connectivity index is 2.76. The van der Waals surface area contributed by atoms with Crippen LogP contribution in [0.15, 0.2) is 13.3 Å². The van der Waals surface area contributed by atoms with E-state index in [2.05, 4.69) is 42.2 Å². The zero-order valence-corrected chi connectivity index (χ0v) is 16.7. The minimum absolute atomic E-state index is 0.00688. The topological polar surface area (TPSA) is 120 Å².